The number of aliphatic carboxylic acids is 1. The van der Waals surface area contributed by atoms with Gasteiger partial charge in [-0.3, -0.25) is 9.59 Å². The molecule has 1 N–H and O–H groups in total. The number of carbonyl (C=O) groups is 2. The highest BCUT2D eigenvalue weighted by Crippen LogP contribution is 2.52. The molecule has 0 aromatic rings. The Morgan fingerprint density at radius 1 is 1.65 bits per heavy atom. The van der Waals surface area contributed by atoms with Gasteiger partial charge in [0.15, 0.2) is 0 Å². The van der Waals surface area contributed by atoms with Crippen molar-refractivity contribution in [1.82, 2.24) is 4.90 Å². The summed E-state index contributed by atoms with van der Waals surface area (Å²) in [4.78, 5) is 25.3. The maximum absolute atomic E-state index is 12.3. The van der Waals surface area contributed by atoms with E-state index in [2.05, 4.69) is 0 Å². The van der Waals surface area contributed by atoms with Gasteiger partial charge in [-0.1, -0.05) is 12.2 Å². The standard InChI is InChI=1S/C12H15NO4/c1-6(2)13-5-12-4-3-7(17-12)8(11(15)16)9(12)10(13)14/h3-4,6-9H,5H2,1-2H3,(H,15,16)/t7-,8+,9+,12-/m0/s1. The average molecular weight is 237 g/mol. The molecule has 92 valence electrons. The third-order valence-corrected chi connectivity index (χ3v) is 4.04. The number of amides is 1. The van der Waals surface area contributed by atoms with Crippen LogP contribution in [0.5, 0.6) is 0 Å². The Bertz CT molecular complexity index is 430. The fraction of sp³-hybridized carbons (Fsp3) is 0.667. The van der Waals surface area contributed by atoms with Gasteiger partial charge in [0.05, 0.1) is 18.6 Å². The van der Waals surface area contributed by atoms with Crippen molar-refractivity contribution in [1.29, 1.82) is 0 Å². The van der Waals surface area contributed by atoms with E-state index in [4.69, 9.17) is 4.74 Å². The van der Waals surface area contributed by atoms with Crippen LogP contribution >= 0.6 is 0 Å². The van der Waals surface area contributed by atoms with Gasteiger partial charge in [0.2, 0.25) is 5.91 Å². The molecule has 1 amide bonds. The smallest absolute Gasteiger partial charge is 0.310 e. The highest BCUT2D eigenvalue weighted by atomic mass is 16.5. The van der Waals surface area contributed by atoms with E-state index in [-0.39, 0.29) is 11.9 Å². The fourth-order valence-electron chi connectivity index (χ4n) is 3.25. The van der Waals surface area contributed by atoms with Crippen LogP contribution in [0.1, 0.15) is 13.8 Å². The normalized spacial score (nSPS) is 42.6. The van der Waals surface area contributed by atoms with Crippen molar-refractivity contribution in [3.63, 3.8) is 0 Å². The second-order valence-corrected chi connectivity index (χ2v) is 5.30. The van der Waals surface area contributed by atoms with E-state index in [9.17, 15) is 14.7 Å². The molecule has 0 unspecified atom stereocenters. The number of ether oxygens (including phenoxy) is 1. The van der Waals surface area contributed by atoms with Gasteiger partial charge < -0.3 is 14.7 Å². The lowest BCUT2D eigenvalue weighted by Gasteiger charge is -2.24. The Morgan fingerprint density at radius 3 is 2.94 bits per heavy atom. The van der Waals surface area contributed by atoms with Crippen LogP contribution in [0.4, 0.5) is 0 Å². The number of hydrogen-bond donors (Lipinski definition) is 1. The second kappa shape index (κ2) is 3.10. The van der Waals surface area contributed by atoms with Crippen LogP contribution in [0.15, 0.2) is 12.2 Å². The Kier molecular flexibility index (Phi) is 1.96. The molecule has 17 heavy (non-hydrogen) atoms. The maximum Gasteiger partial charge on any atom is 0.310 e. The van der Waals surface area contributed by atoms with E-state index < -0.39 is 29.5 Å². The van der Waals surface area contributed by atoms with Crippen molar-refractivity contribution in [3.05, 3.63) is 12.2 Å². The predicted molar refractivity (Wildman–Crippen MR) is 58.2 cm³/mol. The molecule has 3 aliphatic heterocycles. The van der Waals surface area contributed by atoms with Gasteiger partial charge >= 0.3 is 5.97 Å². The minimum Gasteiger partial charge on any atom is -0.481 e. The number of hydrogen-bond acceptors (Lipinski definition) is 3. The third kappa shape index (κ3) is 1.17. The van der Waals surface area contributed by atoms with Gasteiger partial charge in [-0.15, -0.1) is 0 Å². The second-order valence-electron chi connectivity index (χ2n) is 5.30. The number of carboxylic acid groups (broad SMARTS) is 1. The predicted octanol–water partition coefficient (Wildman–Crippen LogP) is 0.261. The lowest BCUT2D eigenvalue weighted by Crippen LogP contribution is -2.39. The fourth-order valence-corrected chi connectivity index (χ4v) is 3.25. The third-order valence-electron chi connectivity index (χ3n) is 4.04. The van der Waals surface area contributed by atoms with E-state index in [0.29, 0.717) is 6.54 Å². The molecule has 2 saturated heterocycles. The molecule has 0 aliphatic carbocycles. The van der Waals surface area contributed by atoms with Crippen molar-refractivity contribution >= 4 is 11.9 Å². The number of carbonyl (C=O) groups excluding carboxylic acids is 1. The molecule has 2 bridgehead atoms. The van der Waals surface area contributed by atoms with Gasteiger partial charge in [-0.2, -0.15) is 0 Å². The van der Waals surface area contributed by atoms with Gasteiger partial charge in [-0.25, -0.2) is 0 Å². The first kappa shape index (κ1) is 10.8. The highest BCUT2D eigenvalue weighted by molar-refractivity contribution is 5.90. The highest BCUT2D eigenvalue weighted by Gasteiger charge is 2.67. The van der Waals surface area contributed by atoms with Gasteiger partial charge in [-0.05, 0) is 13.8 Å². The van der Waals surface area contributed by atoms with Crippen LogP contribution in [0.3, 0.4) is 0 Å². The lowest BCUT2D eigenvalue weighted by molar-refractivity contribution is -0.148. The van der Waals surface area contributed by atoms with E-state index in [0.717, 1.165) is 0 Å². The summed E-state index contributed by atoms with van der Waals surface area (Å²) in [6, 6.07) is 0.0768. The molecule has 1 spiro atoms. The first-order valence-corrected chi connectivity index (χ1v) is 5.87. The quantitative estimate of drug-likeness (QED) is 0.700. The van der Waals surface area contributed by atoms with Gasteiger partial charge in [0.25, 0.3) is 0 Å². The number of carboxylic acids is 1. The van der Waals surface area contributed by atoms with Crippen molar-refractivity contribution < 1.29 is 19.4 Å². The molecule has 0 saturated carbocycles. The molecule has 0 radical (unpaired) electrons. The van der Waals surface area contributed by atoms with Crippen LogP contribution in [0.2, 0.25) is 0 Å². The van der Waals surface area contributed by atoms with Crippen LogP contribution < -0.4 is 0 Å². The Balaban J connectivity index is 2.01. The molecule has 3 heterocycles. The van der Waals surface area contributed by atoms with E-state index in [1.165, 1.54) is 0 Å². The number of nitrogens with zero attached hydrogens (tertiary/aromatic N) is 1. The Hall–Kier alpha value is -1.36. The number of fused-ring (bicyclic) bond motifs is 1. The zero-order valence-corrected chi connectivity index (χ0v) is 9.79. The summed E-state index contributed by atoms with van der Waals surface area (Å²) in [5.74, 6) is -2.29. The molecule has 5 nitrogen and oxygen atoms in total. The largest absolute Gasteiger partial charge is 0.481 e. The molecule has 0 aromatic heterocycles. The summed E-state index contributed by atoms with van der Waals surface area (Å²) >= 11 is 0. The van der Waals surface area contributed by atoms with E-state index in [1.807, 2.05) is 19.9 Å². The average Bonchev–Trinajstić information content (AvgIpc) is 2.86. The van der Waals surface area contributed by atoms with Gasteiger partial charge in [0, 0.05) is 6.04 Å². The summed E-state index contributed by atoms with van der Waals surface area (Å²) in [6.45, 7) is 4.34. The lowest BCUT2D eigenvalue weighted by atomic mass is 9.77. The van der Waals surface area contributed by atoms with Crippen LogP contribution in [0.25, 0.3) is 0 Å². The topological polar surface area (TPSA) is 66.8 Å². The number of rotatable bonds is 2. The molecule has 3 rings (SSSR count). The molecule has 4 atom stereocenters. The summed E-state index contributed by atoms with van der Waals surface area (Å²) in [5, 5.41) is 9.24. The Labute approximate surface area is 99.0 Å². The first-order chi connectivity index (χ1) is 7.96. The minimum absolute atomic E-state index is 0.0768. The van der Waals surface area contributed by atoms with Crippen LogP contribution in [-0.2, 0) is 14.3 Å². The van der Waals surface area contributed by atoms with Crippen molar-refractivity contribution in [3.8, 4) is 0 Å². The summed E-state index contributed by atoms with van der Waals surface area (Å²) in [5.41, 5.74) is -0.685. The monoisotopic (exact) mass is 237 g/mol. The molecular formula is C12H15NO4. The molecule has 3 aliphatic rings. The summed E-state index contributed by atoms with van der Waals surface area (Å²) in [6.07, 6.45) is 3.23. The minimum atomic E-state index is -0.940. The van der Waals surface area contributed by atoms with Gasteiger partial charge in [0.1, 0.15) is 11.5 Å². The van der Waals surface area contributed by atoms with Crippen molar-refractivity contribution in [2.75, 3.05) is 6.54 Å². The van der Waals surface area contributed by atoms with Crippen LogP contribution in [0, 0.1) is 11.8 Å². The first-order valence-electron chi connectivity index (χ1n) is 5.87. The molecule has 5 heteroatoms. The summed E-state index contributed by atoms with van der Waals surface area (Å²) < 4.78 is 5.75. The van der Waals surface area contributed by atoms with Crippen molar-refractivity contribution in [2.45, 2.75) is 31.6 Å². The summed E-state index contributed by atoms with van der Waals surface area (Å²) in [7, 11) is 0. The molecule has 0 aromatic carbocycles. The maximum atomic E-state index is 12.3. The zero-order valence-electron chi connectivity index (χ0n) is 9.79. The SMILES string of the molecule is CC(C)N1C[C@]23C=C[C@H](O2)[C@@H](C(=O)O)[C@@H]3C1=O. The molecular weight excluding hydrogens is 222 g/mol. The molecule has 2 fully saturated rings. The van der Waals surface area contributed by atoms with Crippen LogP contribution in [-0.4, -0.2) is 46.2 Å². The Morgan fingerprint density at radius 2 is 2.35 bits per heavy atom. The number of likely N-dealkylation sites (tertiary alicyclic amines) is 1. The van der Waals surface area contributed by atoms with E-state index in [1.54, 1.807) is 11.0 Å². The van der Waals surface area contributed by atoms with Crippen molar-refractivity contribution in [2.24, 2.45) is 11.8 Å². The van der Waals surface area contributed by atoms with E-state index >= 15 is 0 Å². The zero-order chi connectivity index (χ0) is 12.4.